The number of nitrogens with one attached hydrogen (secondary N) is 1. The number of halogens is 1. The standard InChI is InChI=1S/C16H10FN3O5/c17-10-2-4-11(5-3-10)19-16(23)12(15(22)18-19)7-9-1-6-14(21)13(8-9)20(24)25/h1-8,21H,(H,18,22)/p-1/b12-7-. The van der Waals surface area contributed by atoms with E-state index in [4.69, 9.17) is 0 Å². The summed E-state index contributed by atoms with van der Waals surface area (Å²) in [4.78, 5) is 34.4. The summed E-state index contributed by atoms with van der Waals surface area (Å²) in [5.74, 6) is -2.70. The zero-order valence-corrected chi connectivity index (χ0v) is 12.4. The molecule has 0 saturated carbocycles. The van der Waals surface area contributed by atoms with Gasteiger partial charge in [-0.05, 0) is 41.7 Å². The minimum absolute atomic E-state index is 0.158. The molecule has 1 heterocycles. The van der Waals surface area contributed by atoms with E-state index in [-0.39, 0.29) is 16.8 Å². The van der Waals surface area contributed by atoms with Crippen LogP contribution in [0, 0.1) is 15.9 Å². The van der Waals surface area contributed by atoms with Crippen molar-refractivity contribution in [3.05, 3.63) is 69.5 Å². The second-order valence-electron chi connectivity index (χ2n) is 5.10. The minimum Gasteiger partial charge on any atom is -0.868 e. The molecule has 1 aliphatic rings. The molecular formula is C16H9FN3O5-. The van der Waals surface area contributed by atoms with Crippen molar-refractivity contribution in [2.45, 2.75) is 0 Å². The maximum atomic E-state index is 13.0. The predicted octanol–water partition coefficient (Wildman–Crippen LogP) is 1.27. The maximum Gasteiger partial charge on any atom is 0.282 e. The first-order valence-corrected chi connectivity index (χ1v) is 6.95. The van der Waals surface area contributed by atoms with Crippen molar-refractivity contribution < 1.29 is 24.0 Å². The second-order valence-corrected chi connectivity index (χ2v) is 5.10. The second kappa shape index (κ2) is 6.04. The van der Waals surface area contributed by atoms with Gasteiger partial charge in [0.2, 0.25) is 0 Å². The molecule has 2 aromatic carbocycles. The van der Waals surface area contributed by atoms with Crippen LogP contribution >= 0.6 is 0 Å². The van der Waals surface area contributed by atoms with E-state index in [0.717, 1.165) is 35.4 Å². The Kier molecular flexibility index (Phi) is 3.89. The molecule has 0 radical (unpaired) electrons. The van der Waals surface area contributed by atoms with Gasteiger partial charge in [0.05, 0.1) is 10.6 Å². The summed E-state index contributed by atoms with van der Waals surface area (Å²) in [6.45, 7) is 0. The fourth-order valence-electron chi connectivity index (χ4n) is 2.26. The molecule has 126 valence electrons. The number of nitro groups is 1. The van der Waals surface area contributed by atoms with Gasteiger partial charge in [-0.2, -0.15) is 0 Å². The summed E-state index contributed by atoms with van der Waals surface area (Å²) >= 11 is 0. The van der Waals surface area contributed by atoms with Crippen LogP contribution in [0.1, 0.15) is 5.56 Å². The van der Waals surface area contributed by atoms with Gasteiger partial charge in [-0.3, -0.25) is 25.1 Å². The maximum absolute atomic E-state index is 13.0. The molecule has 1 aliphatic heterocycles. The summed E-state index contributed by atoms with van der Waals surface area (Å²) in [5, 5.41) is 23.1. The number of nitrogens with zero attached hydrogens (tertiary/aromatic N) is 2. The fourth-order valence-corrected chi connectivity index (χ4v) is 2.26. The summed E-state index contributed by atoms with van der Waals surface area (Å²) < 4.78 is 13.0. The third-order valence-electron chi connectivity index (χ3n) is 3.47. The van der Waals surface area contributed by atoms with Crippen molar-refractivity contribution in [1.29, 1.82) is 0 Å². The molecule has 8 nitrogen and oxygen atoms in total. The number of anilines is 1. The Morgan fingerprint density at radius 1 is 1.12 bits per heavy atom. The van der Waals surface area contributed by atoms with Crippen molar-refractivity contribution in [2.24, 2.45) is 0 Å². The van der Waals surface area contributed by atoms with Crippen LogP contribution in [0.4, 0.5) is 15.8 Å². The van der Waals surface area contributed by atoms with E-state index in [1.807, 2.05) is 0 Å². The molecule has 0 spiro atoms. The largest absolute Gasteiger partial charge is 0.868 e. The lowest BCUT2D eigenvalue weighted by Crippen LogP contribution is -2.35. The molecule has 1 saturated heterocycles. The Morgan fingerprint density at radius 3 is 2.44 bits per heavy atom. The molecule has 0 atom stereocenters. The van der Waals surface area contributed by atoms with Gasteiger partial charge in [0, 0.05) is 6.07 Å². The number of hydrogen-bond donors (Lipinski definition) is 1. The summed E-state index contributed by atoms with van der Waals surface area (Å²) in [7, 11) is 0. The minimum atomic E-state index is -0.842. The third-order valence-corrected chi connectivity index (χ3v) is 3.47. The van der Waals surface area contributed by atoms with E-state index in [9.17, 15) is 29.2 Å². The SMILES string of the molecule is O=C1NN(c2ccc(F)cc2)C(=O)/C1=C\c1ccc([O-])c([N+](=O)[O-])c1. The Hall–Kier alpha value is -3.75. The molecule has 3 rings (SSSR count). The van der Waals surface area contributed by atoms with Crippen molar-refractivity contribution in [1.82, 2.24) is 5.43 Å². The van der Waals surface area contributed by atoms with Crippen LogP contribution in [0.5, 0.6) is 5.75 Å². The normalized spacial score (nSPS) is 15.6. The lowest BCUT2D eigenvalue weighted by Gasteiger charge is -2.14. The molecule has 1 fully saturated rings. The van der Waals surface area contributed by atoms with Gasteiger partial charge in [-0.1, -0.05) is 12.1 Å². The average Bonchev–Trinajstić information content (AvgIpc) is 2.85. The van der Waals surface area contributed by atoms with Gasteiger partial charge >= 0.3 is 0 Å². The highest BCUT2D eigenvalue weighted by Gasteiger charge is 2.34. The van der Waals surface area contributed by atoms with Crippen LogP contribution in [0.2, 0.25) is 0 Å². The van der Waals surface area contributed by atoms with Crippen molar-refractivity contribution >= 4 is 29.3 Å². The van der Waals surface area contributed by atoms with E-state index in [2.05, 4.69) is 5.43 Å². The topological polar surface area (TPSA) is 116 Å². The molecule has 0 aliphatic carbocycles. The zero-order valence-electron chi connectivity index (χ0n) is 12.4. The first kappa shape index (κ1) is 16.1. The van der Waals surface area contributed by atoms with Gasteiger partial charge in [-0.15, -0.1) is 0 Å². The van der Waals surface area contributed by atoms with E-state index < -0.39 is 34.0 Å². The molecule has 2 aromatic rings. The number of rotatable bonds is 3. The third kappa shape index (κ3) is 3.02. The highest BCUT2D eigenvalue weighted by atomic mass is 19.1. The highest BCUT2D eigenvalue weighted by molar-refractivity contribution is 6.31. The monoisotopic (exact) mass is 342 g/mol. The summed E-state index contributed by atoms with van der Waals surface area (Å²) in [6.07, 6.45) is 1.15. The quantitative estimate of drug-likeness (QED) is 0.390. The van der Waals surface area contributed by atoms with E-state index >= 15 is 0 Å². The Morgan fingerprint density at radius 2 is 1.80 bits per heavy atom. The molecule has 9 heteroatoms. The number of carbonyl (C=O) groups is 2. The first-order chi connectivity index (χ1) is 11.9. The number of nitro benzene ring substituents is 1. The molecule has 1 N–H and O–H groups in total. The number of carbonyl (C=O) groups excluding carboxylic acids is 2. The smallest absolute Gasteiger partial charge is 0.282 e. The van der Waals surface area contributed by atoms with Crippen molar-refractivity contribution in [2.75, 3.05) is 5.01 Å². The first-order valence-electron chi connectivity index (χ1n) is 6.95. The highest BCUT2D eigenvalue weighted by Crippen LogP contribution is 2.26. The molecule has 2 amide bonds. The number of hydrogen-bond acceptors (Lipinski definition) is 5. The number of benzene rings is 2. The van der Waals surface area contributed by atoms with E-state index in [0.29, 0.717) is 0 Å². The molecule has 0 unspecified atom stereocenters. The van der Waals surface area contributed by atoms with Gasteiger partial charge in [0.15, 0.2) is 0 Å². The van der Waals surface area contributed by atoms with Crippen molar-refractivity contribution in [3.8, 4) is 5.75 Å². The average molecular weight is 342 g/mol. The van der Waals surface area contributed by atoms with Crippen molar-refractivity contribution in [3.63, 3.8) is 0 Å². The number of amides is 2. The van der Waals surface area contributed by atoms with Gasteiger partial charge in [0.25, 0.3) is 17.5 Å². The molecule has 0 aromatic heterocycles. The lowest BCUT2D eigenvalue weighted by atomic mass is 10.1. The number of hydrazine groups is 1. The van der Waals surface area contributed by atoms with Gasteiger partial charge in [0.1, 0.15) is 11.4 Å². The van der Waals surface area contributed by atoms with Crippen LogP contribution in [0.3, 0.4) is 0 Å². The fraction of sp³-hybridized carbons (Fsp3) is 0. The summed E-state index contributed by atoms with van der Waals surface area (Å²) in [5.41, 5.74) is 1.81. The Balaban J connectivity index is 1.95. The van der Waals surface area contributed by atoms with Crippen LogP contribution in [0.25, 0.3) is 6.08 Å². The molecular weight excluding hydrogens is 333 g/mol. The molecule has 0 bridgehead atoms. The van der Waals surface area contributed by atoms with Crippen LogP contribution in [0.15, 0.2) is 48.0 Å². The lowest BCUT2D eigenvalue weighted by molar-refractivity contribution is -0.398. The van der Waals surface area contributed by atoms with E-state index in [1.165, 1.54) is 18.2 Å². The van der Waals surface area contributed by atoms with Crippen LogP contribution < -0.4 is 15.5 Å². The zero-order chi connectivity index (χ0) is 18.1. The van der Waals surface area contributed by atoms with Crippen LogP contribution in [-0.4, -0.2) is 16.7 Å². The molecule has 25 heavy (non-hydrogen) atoms. The van der Waals surface area contributed by atoms with Crippen LogP contribution in [-0.2, 0) is 9.59 Å². The van der Waals surface area contributed by atoms with Gasteiger partial charge in [-0.25, -0.2) is 9.40 Å². The Bertz CT molecular complexity index is 924. The summed E-state index contributed by atoms with van der Waals surface area (Å²) in [6, 6.07) is 8.13. The van der Waals surface area contributed by atoms with E-state index in [1.54, 1.807) is 0 Å². The predicted molar refractivity (Wildman–Crippen MR) is 82.5 cm³/mol. The Labute approximate surface area is 139 Å². The van der Waals surface area contributed by atoms with Gasteiger partial charge < -0.3 is 5.11 Å².